The van der Waals surface area contributed by atoms with E-state index in [1.807, 2.05) is 0 Å². The van der Waals surface area contributed by atoms with Gasteiger partial charge in [0.2, 0.25) is 6.10 Å². The number of non-ortho nitro benzene ring substituents is 1. The lowest BCUT2D eigenvalue weighted by Crippen LogP contribution is -2.29. The number of hydrogen-bond acceptors (Lipinski definition) is 5. The number of nitro groups is 1. The molecule has 0 aliphatic rings. The number of amides is 1. The zero-order valence-corrected chi connectivity index (χ0v) is 13.7. The maximum atomic E-state index is 13.6. The van der Waals surface area contributed by atoms with Gasteiger partial charge in [0, 0.05) is 23.8 Å². The third-order valence-electron chi connectivity index (χ3n) is 3.32. The summed E-state index contributed by atoms with van der Waals surface area (Å²) in [6, 6.07) is 8.45. The van der Waals surface area contributed by atoms with E-state index in [1.165, 1.54) is 24.4 Å². The largest absolute Gasteiger partial charge is 0.382 e. The van der Waals surface area contributed by atoms with Gasteiger partial charge in [-0.2, -0.15) is 0 Å². The van der Waals surface area contributed by atoms with E-state index in [9.17, 15) is 23.7 Å². The van der Waals surface area contributed by atoms with Gasteiger partial charge < -0.3 is 10.2 Å². The van der Waals surface area contributed by atoms with Gasteiger partial charge in [-0.15, -0.1) is 0 Å². The molecule has 9 heteroatoms. The Morgan fingerprint density at radius 2 is 2.12 bits per heavy atom. The number of nitrogens with zero attached hydrogens (tertiary/aromatic N) is 2. The topological polar surface area (TPSA) is 93.8 Å². The van der Waals surface area contributed by atoms with Gasteiger partial charge in [0.15, 0.2) is 0 Å². The van der Waals surface area contributed by atoms with Crippen molar-refractivity contribution in [3.8, 4) is 0 Å². The Bertz CT molecular complexity index is 843. The second-order valence-electron chi connectivity index (χ2n) is 5.20. The van der Waals surface area contributed by atoms with E-state index >= 15 is 0 Å². The molecule has 1 unspecified atom stereocenters. The van der Waals surface area contributed by atoms with Crippen LogP contribution >= 0.6 is 0 Å². The van der Waals surface area contributed by atoms with Gasteiger partial charge in [-0.3, -0.25) is 14.9 Å². The number of rotatable bonds is 7. The quantitative estimate of drug-likeness (QED) is 0.462. The minimum absolute atomic E-state index is 0.106. The number of halogens is 2. The first-order valence-corrected chi connectivity index (χ1v) is 7.60. The molecule has 2 aromatic rings. The summed E-state index contributed by atoms with van der Waals surface area (Å²) in [6.45, 7) is 1.66. The summed E-state index contributed by atoms with van der Waals surface area (Å²) in [7, 11) is 0. The van der Waals surface area contributed by atoms with Crippen LogP contribution in [0.2, 0.25) is 0 Å². The van der Waals surface area contributed by atoms with Crippen molar-refractivity contribution < 1.29 is 23.3 Å². The number of oxime groups is 1. The molecule has 0 heterocycles. The van der Waals surface area contributed by atoms with Crippen LogP contribution in [0.1, 0.15) is 18.9 Å². The summed E-state index contributed by atoms with van der Waals surface area (Å²) in [6.07, 6.45) is 0.442. The minimum Gasteiger partial charge on any atom is -0.382 e. The lowest BCUT2D eigenvalue weighted by Gasteiger charge is -2.13. The molecule has 7 nitrogen and oxygen atoms in total. The fourth-order valence-electron chi connectivity index (χ4n) is 2.00. The summed E-state index contributed by atoms with van der Waals surface area (Å²) < 4.78 is 26.5. The van der Waals surface area contributed by atoms with Crippen LogP contribution in [-0.2, 0) is 9.63 Å². The van der Waals surface area contributed by atoms with E-state index < -0.39 is 28.6 Å². The van der Waals surface area contributed by atoms with Gasteiger partial charge in [-0.1, -0.05) is 24.2 Å². The normalized spacial score (nSPS) is 12.0. The van der Waals surface area contributed by atoms with Gasteiger partial charge in [0.25, 0.3) is 11.6 Å². The number of nitro benzene ring substituents is 1. The fraction of sp³-hybridized carbons (Fsp3) is 0.176. The molecule has 136 valence electrons. The Labute approximate surface area is 147 Å². The molecule has 0 radical (unpaired) electrons. The van der Waals surface area contributed by atoms with Crippen molar-refractivity contribution in [2.45, 2.75) is 19.4 Å². The van der Waals surface area contributed by atoms with Crippen LogP contribution in [0.3, 0.4) is 0 Å². The molecule has 0 saturated heterocycles. The van der Waals surface area contributed by atoms with E-state index in [2.05, 4.69) is 10.5 Å². The Balaban J connectivity index is 2.01. The van der Waals surface area contributed by atoms with Crippen LogP contribution in [-0.4, -0.2) is 23.1 Å². The number of carbonyl (C=O) groups excluding carboxylic acids is 1. The lowest BCUT2D eigenvalue weighted by molar-refractivity contribution is -0.384. The third kappa shape index (κ3) is 5.07. The van der Waals surface area contributed by atoms with E-state index in [0.29, 0.717) is 11.6 Å². The monoisotopic (exact) mass is 363 g/mol. The van der Waals surface area contributed by atoms with E-state index in [1.54, 1.807) is 13.0 Å². The van der Waals surface area contributed by atoms with Crippen LogP contribution in [0.4, 0.5) is 20.2 Å². The standard InChI is InChI=1S/C17H15F2N3O4/c1-2-16(17(23)21-15-7-6-12(18)9-14(15)19)26-20-10-11-4-3-5-13(8-11)22(24)25/h3-10,16H,2H2,1H3,(H,21,23)/b20-10-. The van der Waals surface area contributed by atoms with Crippen molar-refractivity contribution in [3.63, 3.8) is 0 Å². The fourth-order valence-corrected chi connectivity index (χ4v) is 2.00. The molecule has 0 saturated carbocycles. The first kappa shape index (κ1) is 19.0. The van der Waals surface area contributed by atoms with Crippen LogP contribution in [0.5, 0.6) is 0 Å². The predicted molar refractivity (Wildman–Crippen MR) is 90.8 cm³/mol. The van der Waals surface area contributed by atoms with Gasteiger partial charge in [0.05, 0.1) is 16.8 Å². The van der Waals surface area contributed by atoms with Crippen molar-refractivity contribution in [2.24, 2.45) is 5.16 Å². The molecule has 1 amide bonds. The second kappa shape index (κ2) is 8.65. The highest BCUT2D eigenvalue weighted by atomic mass is 19.1. The van der Waals surface area contributed by atoms with Gasteiger partial charge in [-0.05, 0) is 18.6 Å². The maximum Gasteiger partial charge on any atom is 0.270 e. The van der Waals surface area contributed by atoms with Gasteiger partial charge in [0.1, 0.15) is 11.6 Å². The molecule has 2 rings (SSSR count). The minimum atomic E-state index is -1.02. The number of anilines is 1. The van der Waals surface area contributed by atoms with Gasteiger partial charge >= 0.3 is 0 Å². The average molecular weight is 363 g/mol. The Kier molecular flexibility index (Phi) is 6.31. The number of nitrogens with one attached hydrogen (secondary N) is 1. The molecular formula is C17H15F2N3O4. The van der Waals surface area contributed by atoms with E-state index in [0.717, 1.165) is 12.1 Å². The zero-order valence-electron chi connectivity index (χ0n) is 13.7. The van der Waals surface area contributed by atoms with Crippen molar-refractivity contribution in [1.82, 2.24) is 0 Å². The Hall–Kier alpha value is -3.36. The first-order valence-electron chi connectivity index (χ1n) is 7.60. The molecule has 0 spiro atoms. The summed E-state index contributed by atoms with van der Waals surface area (Å²) in [5.41, 5.74) is 0.130. The highest BCUT2D eigenvalue weighted by Gasteiger charge is 2.19. The molecule has 0 bridgehead atoms. The predicted octanol–water partition coefficient (Wildman–Crippen LogP) is 3.64. The number of benzene rings is 2. The molecule has 1 atom stereocenters. The second-order valence-corrected chi connectivity index (χ2v) is 5.20. The van der Waals surface area contributed by atoms with Crippen LogP contribution < -0.4 is 5.32 Å². The zero-order chi connectivity index (χ0) is 19.1. The molecule has 0 fully saturated rings. The van der Waals surface area contributed by atoms with Crippen LogP contribution in [0.25, 0.3) is 0 Å². The molecule has 0 aliphatic carbocycles. The highest BCUT2D eigenvalue weighted by Crippen LogP contribution is 2.16. The Morgan fingerprint density at radius 1 is 1.35 bits per heavy atom. The van der Waals surface area contributed by atoms with Crippen LogP contribution in [0, 0.1) is 21.7 Å². The van der Waals surface area contributed by atoms with Gasteiger partial charge in [-0.25, -0.2) is 8.78 Å². The SMILES string of the molecule is CCC(O/N=C\c1cccc([N+](=O)[O-])c1)C(=O)Nc1ccc(F)cc1F. The molecule has 0 aromatic heterocycles. The molecular weight excluding hydrogens is 348 g/mol. The summed E-state index contributed by atoms with van der Waals surface area (Å²) in [5.74, 6) is -2.33. The number of hydrogen-bond donors (Lipinski definition) is 1. The lowest BCUT2D eigenvalue weighted by atomic mass is 10.2. The van der Waals surface area contributed by atoms with Crippen molar-refractivity contribution in [3.05, 3.63) is 69.8 Å². The van der Waals surface area contributed by atoms with Crippen molar-refractivity contribution in [2.75, 3.05) is 5.32 Å². The Morgan fingerprint density at radius 3 is 2.77 bits per heavy atom. The van der Waals surface area contributed by atoms with Crippen molar-refractivity contribution >= 4 is 23.5 Å². The number of carbonyl (C=O) groups is 1. The molecule has 2 aromatic carbocycles. The highest BCUT2D eigenvalue weighted by molar-refractivity contribution is 5.94. The van der Waals surface area contributed by atoms with E-state index in [4.69, 9.17) is 4.84 Å². The third-order valence-corrected chi connectivity index (χ3v) is 3.32. The average Bonchev–Trinajstić information content (AvgIpc) is 2.61. The summed E-state index contributed by atoms with van der Waals surface area (Å²) in [4.78, 5) is 27.4. The maximum absolute atomic E-state index is 13.6. The molecule has 1 N–H and O–H groups in total. The first-order chi connectivity index (χ1) is 12.4. The smallest absolute Gasteiger partial charge is 0.270 e. The molecule has 0 aliphatic heterocycles. The van der Waals surface area contributed by atoms with Crippen LogP contribution in [0.15, 0.2) is 47.6 Å². The summed E-state index contributed by atoms with van der Waals surface area (Å²) >= 11 is 0. The summed E-state index contributed by atoms with van der Waals surface area (Å²) in [5, 5.41) is 16.7. The molecule has 26 heavy (non-hydrogen) atoms. The van der Waals surface area contributed by atoms with Crippen molar-refractivity contribution in [1.29, 1.82) is 0 Å². The van der Waals surface area contributed by atoms with E-state index in [-0.39, 0.29) is 17.8 Å².